The summed E-state index contributed by atoms with van der Waals surface area (Å²) in [5, 5.41) is 0.465. The van der Waals surface area contributed by atoms with Gasteiger partial charge < -0.3 is 14.9 Å². The van der Waals surface area contributed by atoms with Gasteiger partial charge in [0, 0.05) is 6.20 Å². The molecule has 0 fully saturated rings. The molecule has 6 heteroatoms. The van der Waals surface area contributed by atoms with Crippen molar-refractivity contribution in [3.05, 3.63) is 52.8 Å². The van der Waals surface area contributed by atoms with Crippen LogP contribution in [0.5, 0.6) is 5.75 Å². The summed E-state index contributed by atoms with van der Waals surface area (Å²) in [4.78, 5) is 11.6. The Morgan fingerprint density at radius 1 is 1.30 bits per heavy atom. The fourth-order valence-corrected chi connectivity index (χ4v) is 1.94. The first kappa shape index (κ1) is 14.3. The number of nitrogens with zero attached hydrogens (tertiary/aromatic N) is 1. The van der Waals surface area contributed by atoms with Crippen molar-refractivity contribution in [2.24, 2.45) is 0 Å². The number of halogens is 1. The zero-order valence-corrected chi connectivity index (χ0v) is 12.0. The predicted octanol–water partition coefficient (Wildman–Crippen LogP) is 2.68. The van der Waals surface area contributed by atoms with Gasteiger partial charge in [-0.05, 0) is 23.8 Å². The summed E-state index contributed by atoms with van der Waals surface area (Å²) in [6.45, 7) is 0.541. The highest BCUT2D eigenvalue weighted by Gasteiger charge is 2.13. The second-order valence-electron chi connectivity index (χ2n) is 4.09. The Balaban J connectivity index is 2.08. The molecular formula is C14H15ClN2O3. The van der Waals surface area contributed by atoms with Crippen LogP contribution in [0.4, 0.5) is 0 Å². The molecule has 0 aliphatic rings. The van der Waals surface area contributed by atoms with Crippen molar-refractivity contribution in [2.75, 3.05) is 19.6 Å². The van der Waals surface area contributed by atoms with E-state index >= 15 is 0 Å². The Kier molecular flexibility index (Phi) is 4.53. The highest BCUT2D eigenvalue weighted by molar-refractivity contribution is 6.31. The van der Waals surface area contributed by atoms with Crippen LogP contribution >= 0.6 is 11.6 Å². The summed E-state index contributed by atoms with van der Waals surface area (Å²) in [6.07, 6.45) is 1.62. The molecule has 1 aromatic carbocycles. The lowest BCUT2D eigenvalue weighted by Crippen LogP contribution is -2.19. The third-order valence-corrected chi connectivity index (χ3v) is 3.00. The van der Waals surface area contributed by atoms with Crippen LogP contribution in [0.2, 0.25) is 5.02 Å². The summed E-state index contributed by atoms with van der Waals surface area (Å²) in [7, 11) is 2.95. The van der Waals surface area contributed by atoms with Crippen molar-refractivity contribution in [1.29, 1.82) is 0 Å². The molecule has 0 spiro atoms. The molecule has 1 aromatic heterocycles. The first-order chi connectivity index (χ1) is 9.63. The molecule has 0 radical (unpaired) electrons. The molecule has 2 aromatic rings. The van der Waals surface area contributed by atoms with Gasteiger partial charge in [-0.15, -0.1) is 0 Å². The summed E-state index contributed by atoms with van der Waals surface area (Å²) in [5.74, 6) is 0.354. The van der Waals surface area contributed by atoms with Crippen LogP contribution < -0.4 is 10.2 Å². The van der Waals surface area contributed by atoms with Crippen LogP contribution in [0.1, 0.15) is 16.1 Å². The fraction of sp³-hybridized carbons (Fsp3) is 0.214. The lowest BCUT2D eigenvalue weighted by Gasteiger charge is -2.11. The molecule has 0 atom stereocenters. The monoisotopic (exact) mass is 294 g/mol. The number of aromatic nitrogens is 1. The van der Waals surface area contributed by atoms with E-state index in [-0.39, 0.29) is 0 Å². The van der Waals surface area contributed by atoms with Crippen molar-refractivity contribution in [3.8, 4) is 5.75 Å². The van der Waals surface area contributed by atoms with Gasteiger partial charge in [-0.2, -0.15) is 0 Å². The molecule has 0 amide bonds. The number of nitrogens with one attached hydrogen (secondary N) is 1. The Morgan fingerprint density at radius 3 is 2.60 bits per heavy atom. The van der Waals surface area contributed by atoms with Gasteiger partial charge >= 0.3 is 5.97 Å². The second-order valence-corrected chi connectivity index (χ2v) is 4.52. The molecule has 0 aliphatic heterocycles. The maximum absolute atomic E-state index is 11.6. The van der Waals surface area contributed by atoms with Gasteiger partial charge in [-0.25, -0.2) is 4.79 Å². The number of hydrogen-bond donors (Lipinski definition) is 1. The highest BCUT2D eigenvalue weighted by atomic mass is 35.5. The Morgan fingerprint density at radius 2 is 2.00 bits per heavy atom. The van der Waals surface area contributed by atoms with Crippen molar-refractivity contribution in [2.45, 2.75) is 6.54 Å². The molecular weight excluding hydrogens is 280 g/mol. The lowest BCUT2D eigenvalue weighted by molar-refractivity contribution is 0.0590. The van der Waals surface area contributed by atoms with Crippen molar-refractivity contribution in [1.82, 2.24) is 4.68 Å². The smallest absolute Gasteiger partial charge is 0.356 e. The molecule has 0 saturated heterocycles. The number of ether oxygens (including phenoxy) is 2. The largest absolute Gasteiger partial charge is 0.497 e. The van der Waals surface area contributed by atoms with Crippen LogP contribution in [-0.2, 0) is 11.3 Å². The van der Waals surface area contributed by atoms with Crippen LogP contribution in [0.15, 0.2) is 36.5 Å². The summed E-state index contributed by atoms with van der Waals surface area (Å²) < 4.78 is 11.3. The Hall–Kier alpha value is -2.14. The van der Waals surface area contributed by atoms with E-state index < -0.39 is 5.97 Å². The maximum atomic E-state index is 11.6. The zero-order valence-electron chi connectivity index (χ0n) is 11.2. The van der Waals surface area contributed by atoms with Crippen LogP contribution in [-0.4, -0.2) is 24.9 Å². The van der Waals surface area contributed by atoms with E-state index in [0.29, 0.717) is 17.3 Å². The Bertz CT molecular complexity index is 593. The second kappa shape index (κ2) is 6.34. The molecule has 0 unspecified atom stereocenters. The van der Waals surface area contributed by atoms with E-state index in [4.69, 9.17) is 21.1 Å². The van der Waals surface area contributed by atoms with Crippen LogP contribution in [0, 0.1) is 0 Å². The third-order valence-electron chi connectivity index (χ3n) is 2.79. The molecule has 0 aliphatic carbocycles. The predicted molar refractivity (Wildman–Crippen MR) is 76.8 cm³/mol. The number of methoxy groups -OCH3 is 2. The van der Waals surface area contributed by atoms with Crippen molar-refractivity contribution < 1.29 is 14.3 Å². The minimum absolute atomic E-state index is 0.353. The molecule has 20 heavy (non-hydrogen) atoms. The van der Waals surface area contributed by atoms with E-state index in [1.54, 1.807) is 24.0 Å². The van der Waals surface area contributed by atoms with E-state index in [1.165, 1.54) is 7.11 Å². The number of benzene rings is 1. The molecule has 0 bridgehead atoms. The van der Waals surface area contributed by atoms with Gasteiger partial charge in [0.15, 0.2) is 0 Å². The number of esters is 1. The number of hydrogen-bond acceptors (Lipinski definition) is 4. The molecule has 5 nitrogen and oxygen atoms in total. The number of rotatable bonds is 5. The third kappa shape index (κ3) is 3.24. The van der Waals surface area contributed by atoms with Crippen molar-refractivity contribution >= 4 is 17.6 Å². The molecule has 2 rings (SSSR count). The Labute approximate surface area is 122 Å². The minimum atomic E-state index is -0.445. The standard InChI is InChI=1S/C14H15ClN2O3/c1-19-12-5-3-10(4-6-12)8-16-17-9-11(15)7-13(17)14(18)20-2/h3-7,9,16H,8H2,1-2H3. The number of carbonyl (C=O) groups is 1. The van der Waals surface area contributed by atoms with Crippen LogP contribution in [0.3, 0.4) is 0 Å². The first-order valence-corrected chi connectivity index (χ1v) is 6.35. The van der Waals surface area contributed by atoms with E-state index in [1.807, 2.05) is 24.3 Å². The van der Waals surface area contributed by atoms with E-state index in [2.05, 4.69) is 5.43 Å². The average molecular weight is 295 g/mol. The van der Waals surface area contributed by atoms with E-state index in [0.717, 1.165) is 11.3 Å². The van der Waals surface area contributed by atoms with Gasteiger partial charge in [0.1, 0.15) is 11.4 Å². The van der Waals surface area contributed by atoms with Gasteiger partial charge in [0.2, 0.25) is 0 Å². The van der Waals surface area contributed by atoms with Gasteiger partial charge in [-0.1, -0.05) is 23.7 Å². The summed E-state index contributed by atoms with van der Waals surface area (Å²) in [5.41, 5.74) is 4.49. The number of carbonyl (C=O) groups excluding carboxylic acids is 1. The molecule has 1 N–H and O–H groups in total. The summed E-state index contributed by atoms with van der Waals surface area (Å²) in [6, 6.07) is 9.18. The van der Waals surface area contributed by atoms with Crippen LogP contribution in [0.25, 0.3) is 0 Å². The first-order valence-electron chi connectivity index (χ1n) is 5.97. The quantitative estimate of drug-likeness (QED) is 0.862. The SMILES string of the molecule is COC(=O)c1cc(Cl)cn1NCc1ccc(OC)cc1. The fourth-order valence-electron chi connectivity index (χ4n) is 1.74. The average Bonchev–Trinajstić information content (AvgIpc) is 2.86. The van der Waals surface area contributed by atoms with Crippen molar-refractivity contribution in [3.63, 3.8) is 0 Å². The molecule has 106 valence electrons. The lowest BCUT2D eigenvalue weighted by atomic mass is 10.2. The maximum Gasteiger partial charge on any atom is 0.356 e. The van der Waals surface area contributed by atoms with Gasteiger partial charge in [-0.3, -0.25) is 4.68 Å². The molecule has 0 saturated carbocycles. The molecule has 1 heterocycles. The topological polar surface area (TPSA) is 52.5 Å². The zero-order chi connectivity index (χ0) is 14.5. The van der Waals surface area contributed by atoms with Gasteiger partial charge in [0.25, 0.3) is 0 Å². The van der Waals surface area contributed by atoms with E-state index in [9.17, 15) is 4.79 Å². The van der Waals surface area contributed by atoms with Gasteiger partial charge in [0.05, 0.1) is 25.8 Å². The normalized spacial score (nSPS) is 10.2. The minimum Gasteiger partial charge on any atom is -0.497 e. The highest BCUT2D eigenvalue weighted by Crippen LogP contribution is 2.15. The summed E-state index contributed by atoms with van der Waals surface area (Å²) >= 11 is 5.90.